The van der Waals surface area contributed by atoms with E-state index in [1.165, 1.54) is 41.2 Å². The third-order valence-corrected chi connectivity index (χ3v) is 6.54. The second-order valence-corrected chi connectivity index (χ2v) is 9.20. The van der Waals surface area contributed by atoms with Crippen LogP contribution in [0.4, 0.5) is 0 Å². The molecule has 0 aliphatic heterocycles. The van der Waals surface area contributed by atoms with Gasteiger partial charge in [0.1, 0.15) is 0 Å². The summed E-state index contributed by atoms with van der Waals surface area (Å²) in [7, 11) is 0. The standard InChI is InChI=1S/C16H24.C11H10.CH4/c1-6-16(5)10-9-15(3,4)13-8-7-12(2)11-14(13)16;1-9-6-7-10-4-2-3-5-11(10)8-9;/h7-8,11H,6,9-10H2,1-5H3;2-8H,1H3;1H4. The van der Waals surface area contributed by atoms with Crippen LogP contribution in [0.25, 0.3) is 10.8 Å². The summed E-state index contributed by atoms with van der Waals surface area (Å²) in [4.78, 5) is 0. The number of hydrogen-bond acceptors (Lipinski definition) is 0. The van der Waals surface area contributed by atoms with Gasteiger partial charge in [-0.25, -0.2) is 0 Å². The van der Waals surface area contributed by atoms with Crippen LogP contribution < -0.4 is 0 Å². The molecule has 0 heterocycles. The Kier molecular flexibility index (Phi) is 6.75. The van der Waals surface area contributed by atoms with Crippen molar-refractivity contribution in [3.63, 3.8) is 0 Å². The van der Waals surface area contributed by atoms with E-state index in [0.717, 1.165) is 0 Å². The zero-order valence-corrected chi connectivity index (χ0v) is 17.9. The van der Waals surface area contributed by atoms with E-state index in [9.17, 15) is 0 Å². The highest BCUT2D eigenvalue weighted by Gasteiger charge is 2.38. The van der Waals surface area contributed by atoms with Crippen LogP contribution in [0.3, 0.4) is 0 Å². The van der Waals surface area contributed by atoms with Gasteiger partial charge >= 0.3 is 0 Å². The summed E-state index contributed by atoms with van der Waals surface area (Å²) < 4.78 is 0. The molecule has 1 aliphatic rings. The average Bonchev–Trinajstić information content (AvgIpc) is 2.65. The highest BCUT2D eigenvalue weighted by atomic mass is 14.4. The molecule has 1 atom stereocenters. The van der Waals surface area contributed by atoms with Crippen LogP contribution in [0.2, 0.25) is 0 Å². The van der Waals surface area contributed by atoms with Crippen molar-refractivity contribution < 1.29 is 0 Å². The van der Waals surface area contributed by atoms with Crippen LogP contribution in [0, 0.1) is 13.8 Å². The first-order chi connectivity index (χ1) is 12.7. The molecule has 0 saturated carbocycles. The van der Waals surface area contributed by atoms with E-state index in [2.05, 4.69) is 102 Å². The highest BCUT2D eigenvalue weighted by molar-refractivity contribution is 5.82. The predicted molar refractivity (Wildman–Crippen MR) is 126 cm³/mol. The Hall–Kier alpha value is -2.08. The second kappa shape index (κ2) is 8.52. The van der Waals surface area contributed by atoms with Gasteiger partial charge in [0.05, 0.1) is 0 Å². The van der Waals surface area contributed by atoms with Gasteiger partial charge in [0, 0.05) is 0 Å². The monoisotopic (exact) mass is 374 g/mol. The van der Waals surface area contributed by atoms with Crippen molar-refractivity contribution in [2.45, 2.75) is 79.1 Å². The van der Waals surface area contributed by atoms with Crippen molar-refractivity contribution in [2.24, 2.45) is 0 Å². The lowest BCUT2D eigenvalue weighted by atomic mass is 9.61. The van der Waals surface area contributed by atoms with Crippen LogP contribution in [0.1, 0.15) is 76.6 Å². The molecule has 0 heteroatoms. The van der Waals surface area contributed by atoms with Crippen LogP contribution in [-0.4, -0.2) is 0 Å². The molecule has 0 aromatic heterocycles. The molecule has 1 unspecified atom stereocenters. The maximum atomic E-state index is 2.43. The summed E-state index contributed by atoms with van der Waals surface area (Å²) in [6.07, 6.45) is 3.89. The summed E-state index contributed by atoms with van der Waals surface area (Å²) >= 11 is 0. The van der Waals surface area contributed by atoms with Gasteiger partial charge in [0.15, 0.2) is 0 Å². The summed E-state index contributed by atoms with van der Waals surface area (Å²) in [5.41, 5.74) is 6.66. The molecule has 0 fully saturated rings. The number of rotatable bonds is 1. The number of benzene rings is 3. The van der Waals surface area contributed by atoms with Crippen molar-refractivity contribution in [2.75, 3.05) is 0 Å². The van der Waals surface area contributed by atoms with Crippen LogP contribution in [-0.2, 0) is 10.8 Å². The van der Waals surface area contributed by atoms with E-state index in [0.29, 0.717) is 10.8 Å². The van der Waals surface area contributed by atoms with Gasteiger partial charge in [-0.15, -0.1) is 0 Å². The second-order valence-electron chi connectivity index (χ2n) is 9.20. The zero-order chi connectivity index (χ0) is 19.7. The Morgan fingerprint density at radius 1 is 0.714 bits per heavy atom. The topological polar surface area (TPSA) is 0 Å². The number of aryl methyl sites for hydroxylation is 2. The van der Waals surface area contributed by atoms with Crippen molar-refractivity contribution in [1.82, 2.24) is 0 Å². The maximum absolute atomic E-state index is 2.43. The van der Waals surface area contributed by atoms with Crippen LogP contribution in [0.5, 0.6) is 0 Å². The van der Waals surface area contributed by atoms with Gasteiger partial charge in [-0.1, -0.05) is 107 Å². The van der Waals surface area contributed by atoms with Gasteiger partial charge in [-0.2, -0.15) is 0 Å². The third-order valence-electron chi connectivity index (χ3n) is 6.54. The Labute approximate surface area is 173 Å². The largest absolute Gasteiger partial charge is 0.0776 e. The Morgan fingerprint density at radius 2 is 1.32 bits per heavy atom. The van der Waals surface area contributed by atoms with E-state index >= 15 is 0 Å². The summed E-state index contributed by atoms with van der Waals surface area (Å²) in [5.74, 6) is 0. The zero-order valence-electron chi connectivity index (χ0n) is 17.9. The van der Waals surface area contributed by atoms with Gasteiger partial charge in [0.2, 0.25) is 0 Å². The smallest absolute Gasteiger partial charge is 0.00745 e. The quantitative estimate of drug-likeness (QED) is 0.400. The van der Waals surface area contributed by atoms with E-state index in [4.69, 9.17) is 0 Å². The summed E-state index contributed by atoms with van der Waals surface area (Å²) in [6.45, 7) is 13.8. The lowest BCUT2D eigenvalue weighted by Crippen LogP contribution is -2.35. The fourth-order valence-electron chi connectivity index (χ4n) is 4.28. The van der Waals surface area contributed by atoms with E-state index in [-0.39, 0.29) is 7.43 Å². The van der Waals surface area contributed by atoms with Gasteiger partial charge in [0.25, 0.3) is 0 Å². The van der Waals surface area contributed by atoms with Gasteiger partial charge in [-0.3, -0.25) is 0 Å². The van der Waals surface area contributed by atoms with Gasteiger partial charge < -0.3 is 0 Å². The predicted octanol–water partition coefficient (Wildman–Crippen LogP) is 8.52. The van der Waals surface area contributed by atoms with Crippen molar-refractivity contribution in [3.05, 3.63) is 82.9 Å². The first-order valence-electron chi connectivity index (χ1n) is 10.3. The minimum Gasteiger partial charge on any atom is -0.0776 e. The average molecular weight is 375 g/mol. The molecular formula is C28H38. The first-order valence-corrected chi connectivity index (χ1v) is 10.3. The molecule has 1 aliphatic carbocycles. The third kappa shape index (κ3) is 4.49. The Balaban J connectivity index is 0.000000205. The Morgan fingerprint density at radius 3 is 2.00 bits per heavy atom. The molecule has 3 aromatic rings. The van der Waals surface area contributed by atoms with Gasteiger partial charge in [-0.05, 0) is 65.8 Å². The number of fused-ring (bicyclic) bond motifs is 2. The normalized spacial score (nSPS) is 19.8. The molecule has 4 rings (SSSR count). The summed E-state index contributed by atoms with van der Waals surface area (Å²) in [6, 6.07) is 22.0. The SMILES string of the molecule is C.CCC1(C)CCC(C)(C)c2ccc(C)cc21.Cc1ccc2ccccc2c1. The molecule has 0 nitrogen and oxygen atoms in total. The molecule has 3 aromatic carbocycles. The minimum absolute atomic E-state index is 0. The molecule has 0 N–H and O–H groups in total. The lowest BCUT2D eigenvalue weighted by molar-refractivity contribution is 0.304. The maximum Gasteiger partial charge on any atom is -0.00745 e. The lowest BCUT2D eigenvalue weighted by Gasteiger charge is -2.43. The molecular weight excluding hydrogens is 336 g/mol. The molecule has 0 bridgehead atoms. The first kappa shape index (κ1) is 22.2. The minimum atomic E-state index is 0. The highest BCUT2D eigenvalue weighted by Crippen LogP contribution is 2.47. The molecule has 150 valence electrons. The molecule has 0 saturated heterocycles. The van der Waals surface area contributed by atoms with Crippen molar-refractivity contribution >= 4 is 10.8 Å². The molecule has 0 radical (unpaired) electrons. The molecule has 28 heavy (non-hydrogen) atoms. The molecule has 0 spiro atoms. The van der Waals surface area contributed by atoms with Crippen molar-refractivity contribution in [3.8, 4) is 0 Å². The molecule has 0 amide bonds. The van der Waals surface area contributed by atoms with E-state index in [1.54, 1.807) is 11.1 Å². The fraction of sp³-hybridized carbons (Fsp3) is 0.429. The van der Waals surface area contributed by atoms with Crippen LogP contribution in [0.15, 0.2) is 60.7 Å². The Bertz CT molecular complexity index is 932. The fourth-order valence-corrected chi connectivity index (χ4v) is 4.28. The van der Waals surface area contributed by atoms with Crippen LogP contribution >= 0.6 is 0 Å². The van der Waals surface area contributed by atoms with Crippen molar-refractivity contribution in [1.29, 1.82) is 0 Å². The van der Waals surface area contributed by atoms with E-state index < -0.39 is 0 Å². The summed E-state index contributed by atoms with van der Waals surface area (Å²) in [5, 5.41) is 2.64. The number of hydrogen-bond donors (Lipinski definition) is 0. The van der Waals surface area contributed by atoms with E-state index in [1.807, 2.05) is 0 Å².